The zero-order chi connectivity index (χ0) is 11.5. The van der Waals surface area contributed by atoms with Gasteiger partial charge in [-0.05, 0) is 36.4 Å². The van der Waals surface area contributed by atoms with Crippen molar-refractivity contribution < 1.29 is 0 Å². The number of anilines is 2. The highest BCUT2D eigenvalue weighted by Gasteiger charge is 2.00. The molecule has 0 heterocycles. The topological polar surface area (TPSA) is 52.0 Å². The lowest BCUT2D eigenvalue weighted by Gasteiger charge is -2.05. The molecule has 4 N–H and O–H groups in total. The number of hydrogen-bond acceptors (Lipinski definition) is 3. The molecule has 0 unspecified atom stereocenters. The van der Waals surface area contributed by atoms with E-state index in [-0.39, 0.29) is 0 Å². The van der Waals surface area contributed by atoms with Gasteiger partial charge in [-0.2, -0.15) is 0 Å². The fourth-order valence-corrected chi connectivity index (χ4v) is 2.46. The zero-order valence-electron chi connectivity index (χ0n) is 8.48. The van der Waals surface area contributed by atoms with Crippen molar-refractivity contribution in [3.8, 4) is 0 Å². The third-order valence-corrected chi connectivity index (χ3v) is 3.30. The summed E-state index contributed by atoms with van der Waals surface area (Å²) in [5.41, 5.74) is 12.6. The van der Waals surface area contributed by atoms with E-state index in [1.807, 2.05) is 42.5 Å². The van der Waals surface area contributed by atoms with E-state index in [1.54, 1.807) is 11.8 Å². The lowest BCUT2D eigenvalue weighted by atomic mass is 10.3. The second kappa shape index (κ2) is 4.68. The second-order valence-electron chi connectivity index (χ2n) is 3.35. The maximum Gasteiger partial charge on any atom is 0.0559 e. The highest BCUT2D eigenvalue weighted by Crippen LogP contribution is 2.31. The first kappa shape index (κ1) is 11.2. The summed E-state index contributed by atoms with van der Waals surface area (Å²) in [4.78, 5) is 2.13. The molecule has 2 aromatic rings. The van der Waals surface area contributed by atoms with Crippen molar-refractivity contribution in [3.63, 3.8) is 0 Å². The van der Waals surface area contributed by atoms with Gasteiger partial charge in [0.2, 0.25) is 0 Å². The minimum atomic E-state index is 0.604. The molecule has 0 aliphatic rings. The van der Waals surface area contributed by atoms with Crippen LogP contribution in [0.15, 0.2) is 52.3 Å². The van der Waals surface area contributed by atoms with Crippen molar-refractivity contribution in [1.82, 2.24) is 0 Å². The summed E-state index contributed by atoms with van der Waals surface area (Å²) in [6, 6.07) is 13.3. The van der Waals surface area contributed by atoms with Crippen LogP contribution in [0.25, 0.3) is 0 Å². The molecule has 2 aromatic carbocycles. The SMILES string of the molecule is Nc1ccc(Sc2cccc(Cl)c2)cc1N. The van der Waals surface area contributed by atoms with Crippen LogP contribution in [0.3, 0.4) is 0 Å². The summed E-state index contributed by atoms with van der Waals surface area (Å²) in [7, 11) is 0. The van der Waals surface area contributed by atoms with Crippen LogP contribution in [0.1, 0.15) is 0 Å². The lowest BCUT2D eigenvalue weighted by Crippen LogP contribution is -1.93. The van der Waals surface area contributed by atoms with Crippen molar-refractivity contribution in [1.29, 1.82) is 0 Å². The maximum absolute atomic E-state index is 5.91. The molecule has 2 nitrogen and oxygen atoms in total. The first-order chi connectivity index (χ1) is 7.65. The van der Waals surface area contributed by atoms with Gasteiger partial charge in [-0.15, -0.1) is 0 Å². The van der Waals surface area contributed by atoms with Gasteiger partial charge in [0.05, 0.1) is 11.4 Å². The Kier molecular flexibility index (Phi) is 3.27. The second-order valence-corrected chi connectivity index (χ2v) is 4.93. The Bertz CT molecular complexity index is 514. The van der Waals surface area contributed by atoms with Crippen molar-refractivity contribution in [2.24, 2.45) is 0 Å². The molecular formula is C12H11ClN2S. The lowest BCUT2D eigenvalue weighted by molar-refractivity contribution is 1.41. The molecular weight excluding hydrogens is 240 g/mol. The van der Waals surface area contributed by atoms with E-state index >= 15 is 0 Å². The quantitative estimate of drug-likeness (QED) is 0.800. The van der Waals surface area contributed by atoms with Gasteiger partial charge in [0, 0.05) is 14.8 Å². The molecule has 0 atom stereocenters. The minimum Gasteiger partial charge on any atom is -0.397 e. The van der Waals surface area contributed by atoms with E-state index in [1.165, 1.54) is 0 Å². The van der Waals surface area contributed by atoms with E-state index in [2.05, 4.69) is 0 Å². The van der Waals surface area contributed by atoms with E-state index < -0.39 is 0 Å². The van der Waals surface area contributed by atoms with Crippen LogP contribution in [-0.4, -0.2) is 0 Å². The van der Waals surface area contributed by atoms with E-state index in [4.69, 9.17) is 23.1 Å². The Morgan fingerprint density at radius 3 is 2.31 bits per heavy atom. The smallest absolute Gasteiger partial charge is 0.0559 e. The van der Waals surface area contributed by atoms with Crippen LogP contribution in [0.2, 0.25) is 5.02 Å². The maximum atomic E-state index is 5.91. The van der Waals surface area contributed by atoms with Gasteiger partial charge in [0.15, 0.2) is 0 Å². The number of nitrogens with two attached hydrogens (primary N) is 2. The largest absolute Gasteiger partial charge is 0.397 e. The van der Waals surface area contributed by atoms with Gasteiger partial charge < -0.3 is 11.5 Å². The zero-order valence-corrected chi connectivity index (χ0v) is 10.1. The van der Waals surface area contributed by atoms with Crippen LogP contribution < -0.4 is 11.5 Å². The van der Waals surface area contributed by atoms with Crippen molar-refractivity contribution in [3.05, 3.63) is 47.5 Å². The standard InChI is InChI=1S/C12H11ClN2S/c13-8-2-1-3-9(6-8)16-10-4-5-11(14)12(15)7-10/h1-7H,14-15H2. The number of benzene rings is 2. The van der Waals surface area contributed by atoms with Gasteiger partial charge in [0.25, 0.3) is 0 Å². The average Bonchev–Trinajstić information content (AvgIpc) is 2.24. The van der Waals surface area contributed by atoms with Gasteiger partial charge in [-0.25, -0.2) is 0 Å². The Labute approximate surface area is 104 Å². The molecule has 0 fully saturated rings. The predicted octanol–water partition coefficient (Wildman–Crippen LogP) is 3.66. The van der Waals surface area contributed by atoms with Crippen LogP contribution in [0.4, 0.5) is 11.4 Å². The molecule has 2 rings (SSSR count). The molecule has 0 amide bonds. The summed E-state index contributed by atoms with van der Waals surface area (Å²) >= 11 is 7.51. The molecule has 0 bridgehead atoms. The van der Waals surface area contributed by atoms with Gasteiger partial charge in [0.1, 0.15) is 0 Å². The van der Waals surface area contributed by atoms with Crippen molar-refractivity contribution in [2.75, 3.05) is 11.5 Å². The molecule has 0 saturated heterocycles. The molecule has 16 heavy (non-hydrogen) atoms. The Morgan fingerprint density at radius 1 is 0.875 bits per heavy atom. The van der Waals surface area contributed by atoms with Gasteiger partial charge >= 0.3 is 0 Å². The molecule has 0 saturated carbocycles. The van der Waals surface area contributed by atoms with E-state index in [9.17, 15) is 0 Å². The third kappa shape index (κ3) is 2.62. The fraction of sp³-hybridized carbons (Fsp3) is 0. The van der Waals surface area contributed by atoms with Gasteiger partial charge in [-0.3, -0.25) is 0 Å². The van der Waals surface area contributed by atoms with E-state index in [0.29, 0.717) is 11.4 Å². The number of hydrogen-bond donors (Lipinski definition) is 2. The Hall–Kier alpha value is -1.32. The number of nitrogen functional groups attached to an aromatic ring is 2. The highest BCUT2D eigenvalue weighted by molar-refractivity contribution is 7.99. The monoisotopic (exact) mass is 250 g/mol. The van der Waals surface area contributed by atoms with Crippen molar-refractivity contribution in [2.45, 2.75) is 9.79 Å². The molecule has 82 valence electrons. The summed E-state index contributed by atoms with van der Waals surface area (Å²) in [6.07, 6.45) is 0. The Balaban J connectivity index is 2.24. The van der Waals surface area contributed by atoms with Crippen LogP contribution in [0, 0.1) is 0 Å². The van der Waals surface area contributed by atoms with Gasteiger partial charge in [-0.1, -0.05) is 29.4 Å². The third-order valence-electron chi connectivity index (χ3n) is 2.09. The predicted molar refractivity (Wildman–Crippen MR) is 70.8 cm³/mol. The summed E-state index contributed by atoms with van der Waals surface area (Å²) in [6.45, 7) is 0. The molecule has 0 spiro atoms. The summed E-state index contributed by atoms with van der Waals surface area (Å²) in [5.74, 6) is 0. The first-order valence-electron chi connectivity index (χ1n) is 4.73. The van der Waals surface area contributed by atoms with Crippen LogP contribution in [0.5, 0.6) is 0 Å². The molecule has 0 aromatic heterocycles. The van der Waals surface area contributed by atoms with E-state index in [0.717, 1.165) is 14.8 Å². The number of halogens is 1. The number of rotatable bonds is 2. The van der Waals surface area contributed by atoms with Crippen LogP contribution in [-0.2, 0) is 0 Å². The summed E-state index contributed by atoms with van der Waals surface area (Å²) < 4.78 is 0. The molecule has 0 aliphatic carbocycles. The van der Waals surface area contributed by atoms with Crippen LogP contribution >= 0.6 is 23.4 Å². The highest BCUT2D eigenvalue weighted by atomic mass is 35.5. The molecule has 0 aliphatic heterocycles. The normalized spacial score (nSPS) is 10.3. The Morgan fingerprint density at radius 2 is 1.62 bits per heavy atom. The molecule has 0 radical (unpaired) electrons. The molecule has 4 heteroatoms. The average molecular weight is 251 g/mol. The first-order valence-corrected chi connectivity index (χ1v) is 5.93. The summed E-state index contributed by atoms with van der Waals surface area (Å²) in [5, 5.41) is 0.730. The minimum absolute atomic E-state index is 0.604. The van der Waals surface area contributed by atoms with Crippen molar-refractivity contribution >= 4 is 34.7 Å². The fourth-order valence-electron chi connectivity index (χ4n) is 1.28.